The van der Waals surface area contributed by atoms with Gasteiger partial charge in [0.2, 0.25) is 5.88 Å². The second-order valence-corrected chi connectivity index (χ2v) is 4.65. The highest BCUT2D eigenvalue weighted by Crippen LogP contribution is 2.31. The van der Waals surface area contributed by atoms with Crippen LogP contribution in [0.1, 0.15) is 0 Å². The number of pyridine rings is 1. The lowest BCUT2D eigenvalue weighted by molar-refractivity contribution is 0.398. The first-order chi connectivity index (χ1) is 8.10. The lowest BCUT2D eigenvalue weighted by Gasteiger charge is -2.06. The Hall–Kier alpha value is -0.960. The summed E-state index contributed by atoms with van der Waals surface area (Å²) in [6, 6.07) is 7.03. The molecule has 0 N–H and O–H groups in total. The molecule has 0 saturated carbocycles. The zero-order chi connectivity index (χ0) is 12.4. The highest BCUT2D eigenvalue weighted by Gasteiger charge is 2.06. The van der Waals surface area contributed by atoms with Crippen molar-refractivity contribution in [3.05, 3.63) is 45.5 Å². The molecule has 0 atom stereocenters. The molecule has 0 aliphatic rings. The number of rotatable bonds is 2. The number of hydrogen-bond acceptors (Lipinski definition) is 2. The minimum absolute atomic E-state index is 0.392. The van der Waals surface area contributed by atoms with Gasteiger partial charge in [-0.2, -0.15) is 0 Å². The summed E-state index contributed by atoms with van der Waals surface area (Å²) >= 11 is 17.9. The van der Waals surface area contributed by atoms with Gasteiger partial charge < -0.3 is 4.74 Å². The fourth-order valence-electron chi connectivity index (χ4n) is 1.45. The van der Waals surface area contributed by atoms with Crippen molar-refractivity contribution in [2.24, 2.45) is 0 Å². The van der Waals surface area contributed by atoms with E-state index in [1.54, 1.807) is 30.5 Å². The minimum Gasteiger partial charge on any atom is -0.480 e. The van der Waals surface area contributed by atoms with E-state index in [0.29, 0.717) is 20.9 Å². The summed E-state index contributed by atoms with van der Waals surface area (Å²) in [5, 5.41) is 1.58. The Kier molecular flexibility index (Phi) is 3.77. The molecule has 2 nitrogen and oxygen atoms in total. The average molecular weight is 289 g/mol. The molecular formula is C12H8Cl3NO. The van der Waals surface area contributed by atoms with Gasteiger partial charge in [0.1, 0.15) is 5.02 Å². The maximum absolute atomic E-state index is 6.01. The van der Waals surface area contributed by atoms with Gasteiger partial charge in [-0.3, -0.25) is 0 Å². The second kappa shape index (κ2) is 5.13. The Balaban J connectivity index is 2.49. The Morgan fingerprint density at radius 2 is 1.59 bits per heavy atom. The Bertz CT molecular complexity index is 537. The van der Waals surface area contributed by atoms with Crippen molar-refractivity contribution >= 4 is 34.8 Å². The molecule has 2 rings (SSSR count). The molecule has 0 bridgehead atoms. The van der Waals surface area contributed by atoms with Crippen LogP contribution in [0.4, 0.5) is 0 Å². The molecule has 0 unspecified atom stereocenters. The van der Waals surface area contributed by atoms with E-state index >= 15 is 0 Å². The van der Waals surface area contributed by atoms with Crippen LogP contribution in [0, 0.1) is 0 Å². The van der Waals surface area contributed by atoms with E-state index in [1.165, 1.54) is 7.11 Å². The Morgan fingerprint density at radius 3 is 2.12 bits per heavy atom. The Morgan fingerprint density at radius 1 is 0.941 bits per heavy atom. The number of aromatic nitrogens is 1. The standard InChI is InChI=1S/C12H8Cl3NO/c1-17-12-11(15)4-8(6-16-12)7-2-9(13)5-10(14)3-7/h2-6H,1H3. The summed E-state index contributed by atoms with van der Waals surface area (Å²) in [6.45, 7) is 0. The summed E-state index contributed by atoms with van der Waals surface area (Å²) in [5.41, 5.74) is 1.69. The first-order valence-electron chi connectivity index (χ1n) is 4.76. The van der Waals surface area contributed by atoms with Gasteiger partial charge in [-0.15, -0.1) is 0 Å². The first kappa shape index (κ1) is 12.5. The van der Waals surface area contributed by atoms with Crippen molar-refractivity contribution in [2.75, 3.05) is 7.11 Å². The van der Waals surface area contributed by atoms with Crippen LogP contribution < -0.4 is 4.74 Å². The number of hydrogen-bond donors (Lipinski definition) is 0. The van der Waals surface area contributed by atoms with Gasteiger partial charge >= 0.3 is 0 Å². The van der Waals surface area contributed by atoms with Crippen LogP contribution in [0.2, 0.25) is 15.1 Å². The van der Waals surface area contributed by atoms with Crippen LogP contribution in [-0.4, -0.2) is 12.1 Å². The third-order valence-corrected chi connectivity index (χ3v) is 2.90. The zero-order valence-electron chi connectivity index (χ0n) is 8.88. The van der Waals surface area contributed by atoms with E-state index in [2.05, 4.69) is 4.98 Å². The molecule has 0 spiro atoms. The normalized spacial score (nSPS) is 10.4. The van der Waals surface area contributed by atoms with Crippen LogP contribution in [-0.2, 0) is 0 Å². The van der Waals surface area contributed by atoms with Crippen LogP contribution >= 0.6 is 34.8 Å². The number of benzene rings is 1. The molecule has 5 heteroatoms. The van der Waals surface area contributed by atoms with Gasteiger partial charge in [0, 0.05) is 21.8 Å². The number of halogens is 3. The van der Waals surface area contributed by atoms with Crippen LogP contribution in [0.15, 0.2) is 30.5 Å². The highest BCUT2D eigenvalue weighted by molar-refractivity contribution is 6.35. The number of methoxy groups -OCH3 is 1. The van der Waals surface area contributed by atoms with E-state index in [0.717, 1.165) is 11.1 Å². The van der Waals surface area contributed by atoms with Crippen molar-refractivity contribution < 1.29 is 4.74 Å². The summed E-state index contributed by atoms with van der Waals surface area (Å²) in [6.07, 6.45) is 1.66. The number of nitrogens with zero attached hydrogens (tertiary/aromatic N) is 1. The predicted molar refractivity (Wildman–Crippen MR) is 71.3 cm³/mol. The van der Waals surface area contributed by atoms with Crippen molar-refractivity contribution in [2.45, 2.75) is 0 Å². The molecule has 0 amide bonds. The van der Waals surface area contributed by atoms with Crippen LogP contribution in [0.25, 0.3) is 11.1 Å². The fraction of sp³-hybridized carbons (Fsp3) is 0.0833. The molecule has 0 radical (unpaired) electrons. The molecule has 1 aromatic carbocycles. The predicted octanol–water partition coefficient (Wildman–Crippen LogP) is 4.72. The molecule has 0 aliphatic carbocycles. The van der Waals surface area contributed by atoms with E-state index in [4.69, 9.17) is 39.5 Å². The van der Waals surface area contributed by atoms with Crippen molar-refractivity contribution in [3.63, 3.8) is 0 Å². The van der Waals surface area contributed by atoms with E-state index in [-0.39, 0.29) is 0 Å². The molecule has 2 aromatic rings. The molecule has 1 aromatic heterocycles. The minimum atomic E-state index is 0.392. The highest BCUT2D eigenvalue weighted by atomic mass is 35.5. The molecular weight excluding hydrogens is 280 g/mol. The van der Waals surface area contributed by atoms with Gasteiger partial charge in [0.15, 0.2) is 0 Å². The van der Waals surface area contributed by atoms with Crippen molar-refractivity contribution in [1.82, 2.24) is 4.98 Å². The smallest absolute Gasteiger partial charge is 0.232 e. The molecule has 17 heavy (non-hydrogen) atoms. The quantitative estimate of drug-likeness (QED) is 0.798. The average Bonchev–Trinajstić information content (AvgIpc) is 2.27. The third-order valence-electron chi connectivity index (χ3n) is 2.20. The van der Waals surface area contributed by atoms with Gasteiger partial charge in [0.05, 0.1) is 7.11 Å². The van der Waals surface area contributed by atoms with E-state index in [1.807, 2.05) is 0 Å². The summed E-state index contributed by atoms with van der Waals surface area (Å²) in [7, 11) is 1.52. The van der Waals surface area contributed by atoms with Gasteiger partial charge in [0.25, 0.3) is 0 Å². The third kappa shape index (κ3) is 2.83. The SMILES string of the molecule is COc1ncc(-c2cc(Cl)cc(Cl)c2)cc1Cl. The van der Waals surface area contributed by atoms with Crippen molar-refractivity contribution in [1.29, 1.82) is 0 Å². The molecule has 0 aliphatic heterocycles. The van der Waals surface area contributed by atoms with Gasteiger partial charge in [-0.1, -0.05) is 34.8 Å². The van der Waals surface area contributed by atoms with Crippen LogP contribution in [0.3, 0.4) is 0 Å². The topological polar surface area (TPSA) is 22.1 Å². The van der Waals surface area contributed by atoms with E-state index in [9.17, 15) is 0 Å². The monoisotopic (exact) mass is 287 g/mol. The maximum atomic E-state index is 6.01. The molecule has 88 valence electrons. The largest absolute Gasteiger partial charge is 0.480 e. The van der Waals surface area contributed by atoms with Gasteiger partial charge in [-0.05, 0) is 29.8 Å². The van der Waals surface area contributed by atoms with Crippen LogP contribution in [0.5, 0.6) is 5.88 Å². The lowest BCUT2D eigenvalue weighted by Crippen LogP contribution is -1.89. The molecule has 1 heterocycles. The second-order valence-electron chi connectivity index (χ2n) is 3.37. The van der Waals surface area contributed by atoms with Gasteiger partial charge in [-0.25, -0.2) is 4.98 Å². The molecule has 0 fully saturated rings. The maximum Gasteiger partial charge on any atom is 0.232 e. The Labute approximate surface area is 114 Å². The lowest BCUT2D eigenvalue weighted by atomic mass is 10.1. The summed E-state index contributed by atoms with van der Waals surface area (Å²) < 4.78 is 4.99. The van der Waals surface area contributed by atoms with Crippen molar-refractivity contribution in [3.8, 4) is 17.0 Å². The number of ether oxygens (including phenoxy) is 1. The summed E-state index contributed by atoms with van der Waals surface area (Å²) in [5.74, 6) is 0.392. The zero-order valence-corrected chi connectivity index (χ0v) is 11.1. The first-order valence-corrected chi connectivity index (χ1v) is 5.89. The fourth-order valence-corrected chi connectivity index (χ4v) is 2.22. The molecule has 0 saturated heterocycles. The van der Waals surface area contributed by atoms with E-state index < -0.39 is 0 Å². The summed E-state index contributed by atoms with van der Waals surface area (Å²) in [4.78, 5) is 4.09.